The van der Waals surface area contributed by atoms with E-state index in [4.69, 9.17) is 4.74 Å². The third-order valence-electron chi connectivity index (χ3n) is 2.69. The number of carbonyl (C=O) groups is 1. The summed E-state index contributed by atoms with van der Waals surface area (Å²) in [6.07, 6.45) is 0.582. The van der Waals surface area contributed by atoms with Gasteiger partial charge >= 0.3 is 21.6 Å². The summed E-state index contributed by atoms with van der Waals surface area (Å²) in [5.41, 5.74) is -5.74. The molecule has 0 bridgehead atoms. The molecule has 5 nitrogen and oxygen atoms in total. The molecule has 0 fully saturated rings. The van der Waals surface area contributed by atoms with Gasteiger partial charge in [0.1, 0.15) is 11.4 Å². The molecule has 0 aliphatic carbocycles. The number of aryl methyl sites for hydroxylation is 1. The first kappa shape index (κ1) is 21.0. The predicted octanol–water partition coefficient (Wildman–Crippen LogP) is 3.71. The number of halogens is 3. The van der Waals surface area contributed by atoms with E-state index in [9.17, 15) is 26.4 Å². The number of rotatable bonds is 6. The second-order valence-electron chi connectivity index (χ2n) is 6.11. The van der Waals surface area contributed by atoms with Crippen molar-refractivity contribution in [1.29, 1.82) is 0 Å². The molecule has 0 aliphatic rings. The third-order valence-corrected chi connectivity index (χ3v) is 3.69. The molecule has 25 heavy (non-hydrogen) atoms. The lowest BCUT2D eigenvalue weighted by molar-refractivity contribution is -0.148. The van der Waals surface area contributed by atoms with E-state index in [0.29, 0.717) is 6.08 Å². The maximum absolute atomic E-state index is 12.5. The average molecular weight is 380 g/mol. The van der Waals surface area contributed by atoms with Crippen LogP contribution in [-0.2, 0) is 30.3 Å². The van der Waals surface area contributed by atoms with Gasteiger partial charge in [0.2, 0.25) is 0 Å². The average Bonchev–Trinajstić information content (AvgIpc) is 2.42. The maximum atomic E-state index is 12.5. The molecule has 1 aromatic carbocycles. The van der Waals surface area contributed by atoms with Crippen LogP contribution < -0.4 is 0 Å². The lowest BCUT2D eigenvalue weighted by atomic mass is 10.1. The molecule has 9 heteroatoms. The minimum absolute atomic E-state index is 0.183. The lowest BCUT2D eigenvalue weighted by Crippen LogP contribution is -2.26. The Kier molecular flexibility index (Phi) is 6.64. The van der Waals surface area contributed by atoms with E-state index in [1.165, 1.54) is 0 Å². The van der Waals surface area contributed by atoms with Gasteiger partial charge in [0.25, 0.3) is 0 Å². The second-order valence-corrected chi connectivity index (χ2v) is 7.65. The molecular weight excluding hydrogens is 361 g/mol. The number of alkyl halides is 3. The molecule has 1 rings (SSSR count). The quantitative estimate of drug-likeness (QED) is 0.247. The fourth-order valence-electron chi connectivity index (χ4n) is 1.70. The molecule has 140 valence electrons. The van der Waals surface area contributed by atoms with Crippen molar-refractivity contribution in [3.8, 4) is 0 Å². The molecule has 0 heterocycles. The van der Waals surface area contributed by atoms with E-state index in [1.54, 1.807) is 51.1 Å². The Hall–Kier alpha value is -2.03. The van der Waals surface area contributed by atoms with Crippen LogP contribution in [0.25, 0.3) is 0 Å². The summed E-state index contributed by atoms with van der Waals surface area (Å²) >= 11 is 0. The van der Waals surface area contributed by atoms with Crippen molar-refractivity contribution >= 4 is 16.1 Å². The summed E-state index contributed by atoms with van der Waals surface area (Å²) in [7, 11) is -5.87. The largest absolute Gasteiger partial charge is 0.534 e. The molecule has 0 saturated heterocycles. The Bertz CT molecular complexity index is 716. The number of benzene rings is 1. The van der Waals surface area contributed by atoms with Crippen LogP contribution in [0.4, 0.5) is 13.2 Å². The fraction of sp³-hybridized carbons (Fsp3) is 0.438. The lowest BCUT2D eigenvalue weighted by Gasteiger charge is -2.19. The van der Waals surface area contributed by atoms with Gasteiger partial charge in [0.05, 0.1) is 6.08 Å². The number of hydrogen-bond donors (Lipinski definition) is 0. The van der Waals surface area contributed by atoms with Crippen LogP contribution in [0.15, 0.2) is 42.2 Å². The molecule has 0 saturated carbocycles. The highest BCUT2D eigenvalue weighted by atomic mass is 32.2. The Morgan fingerprint density at radius 3 is 2.16 bits per heavy atom. The number of hydrogen-bond acceptors (Lipinski definition) is 5. The van der Waals surface area contributed by atoms with E-state index in [0.717, 1.165) is 5.56 Å². The highest BCUT2D eigenvalue weighted by Gasteiger charge is 2.48. The van der Waals surface area contributed by atoms with Crippen LogP contribution in [0.3, 0.4) is 0 Å². The third kappa shape index (κ3) is 7.59. The van der Waals surface area contributed by atoms with Gasteiger partial charge < -0.3 is 8.92 Å². The minimum Gasteiger partial charge on any atom is -0.457 e. The van der Waals surface area contributed by atoms with E-state index < -0.39 is 33.0 Å². The highest BCUT2D eigenvalue weighted by Crippen LogP contribution is 2.28. The van der Waals surface area contributed by atoms with Gasteiger partial charge in [0.15, 0.2) is 0 Å². The van der Waals surface area contributed by atoms with Crippen LogP contribution in [0.5, 0.6) is 0 Å². The summed E-state index contributed by atoms with van der Waals surface area (Å²) < 4.78 is 69.0. The SMILES string of the molecule is CC(C)(C)OC(=O)/C=C(/CCc1ccccc1)OS(=O)(=O)C(F)(F)F. The second kappa shape index (κ2) is 7.90. The van der Waals surface area contributed by atoms with Crippen molar-refractivity contribution < 1.29 is 35.3 Å². The van der Waals surface area contributed by atoms with E-state index in [1.807, 2.05) is 0 Å². The summed E-state index contributed by atoms with van der Waals surface area (Å²) in [5.74, 6) is -1.64. The number of ether oxygens (including phenoxy) is 1. The normalized spacial score (nSPS) is 13.4. The highest BCUT2D eigenvalue weighted by molar-refractivity contribution is 7.87. The van der Waals surface area contributed by atoms with Crippen LogP contribution in [0.2, 0.25) is 0 Å². The Morgan fingerprint density at radius 2 is 1.68 bits per heavy atom. The molecule has 0 aromatic heterocycles. The number of esters is 1. The summed E-state index contributed by atoms with van der Waals surface area (Å²) in [6.45, 7) is 4.70. The summed E-state index contributed by atoms with van der Waals surface area (Å²) in [4.78, 5) is 11.8. The first-order chi connectivity index (χ1) is 11.3. The zero-order chi connectivity index (χ0) is 19.3. The Morgan fingerprint density at radius 1 is 1.12 bits per heavy atom. The number of allylic oxidation sites excluding steroid dienone is 1. The Labute approximate surface area is 144 Å². The van der Waals surface area contributed by atoms with Crippen molar-refractivity contribution in [3.63, 3.8) is 0 Å². The molecule has 0 radical (unpaired) electrons. The van der Waals surface area contributed by atoms with Gasteiger partial charge in [-0.05, 0) is 32.8 Å². The molecule has 0 amide bonds. The first-order valence-corrected chi connectivity index (χ1v) is 8.69. The van der Waals surface area contributed by atoms with E-state index >= 15 is 0 Å². The van der Waals surface area contributed by atoms with Crippen molar-refractivity contribution in [2.75, 3.05) is 0 Å². The molecule has 0 aliphatic heterocycles. The molecule has 0 N–H and O–H groups in total. The van der Waals surface area contributed by atoms with Gasteiger partial charge in [-0.3, -0.25) is 0 Å². The summed E-state index contributed by atoms with van der Waals surface area (Å²) in [6, 6.07) is 8.62. The van der Waals surface area contributed by atoms with Crippen molar-refractivity contribution in [3.05, 3.63) is 47.7 Å². The molecule has 0 unspecified atom stereocenters. The first-order valence-electron chi connectivity index (χ1n) is 7.28. The minimum atomic E-state index is -5.87. The van der Waals surface area contributed by atoms with Crippen LogP contribution in [-0.4, -0.2) is 25.5 Å². The zero-order valence-electron chi connectivity index (χ0n) is 14.0. The zero-order valence-corrected chi connectivity index (χ0v) is 14.8. The maximum Gasteiger partial charge on any atom is 0.534 e. The van der Waals surface area contributed by atoms with Gasteiger partial charge in [-0.1, -0.05) is 30.3 Å². The predicted molar refractivity (Wildman–Crippen MR) is 84.8 cm³/mol. The monoisotopic (exact) mass is 380 g/mol. The Balaban J connectivity index is 2.99. The van der Waals surface area contributed by atoms with Crippen LogP contribution in [0.1, 0.15) is 32.8 Å². The standard InChI is InChI=1S/C16H19F3O5S/c1-15(2,3)23-14(20)11-13(24-25(21,22)16(17,18)19)10-9-12-7-5-4-6-8-12/h4-8,11H,9-10H2,1-3H3/b13-11-. The van der Waals surface area contributed by atoms with Crippen molar-refractivity contribution in [2.45, 2.75) is 44.7 Å². The van der Waals surface area contributed by atoms with Crippen LogP contribution >= 0.6 is 0 Å². The topological polar surface area (TPSA) is 69.7 Å². The smallest absolute Gasteiger partial charge is 0.457 e. The number of carbonyl (C=O) groups excluding carboxylic acids is 1. The summed E-state index contributed by atoms with van der Waals surface area (Å²) in [5, 5.41) is 0. The molecule has 0 atom stereocenters. The van der Waals surface area contributed by atoms with Gasteiger partial charge in [-0.15, -0.1) is 0 Å². The van der Waals surface area contributed by atoms with Crippen LogP contribution in [0, 0.1) is 0 Å². The molecular formula is C16H19F3O5S. The van der Waals surface area contributed by atoms with Crippen molar-refractivity contribution in [2.24, 2.45) is 0 Å². The fourth-order valence-corrected chi connectivity index (χ4v) is 2.21. The van der Waals surface area contributed by atoms with E-state index in [2.05, 4.69) is 4.18 Å². The van der Waals surface area contributed by atoms with Gasteiger partial charge in [-0.2, -0.15) is 21.6 Å². The van der Waals surface area contributed by atoms with Crippen molar-refractivity contribution in [1.82, 2.24) is 0 Å². The molecule has 0 spiro atoms. The van der Waals surface area contributed by atoms with Gasteiger partial charge in [-0.25, -0.2) is 4.79 Å². The molecule has 1 aromatic rings. The van der Waals surface area contributed by atoms with E-state index in [-0.39, 0.29) is 12.8 Å². The van der Waals surface area contributed by atoms with Gasteiger partial charge in [0, 0.05) is 6.42 Å².